The summed E-state index contributed by atoms with van der Waals surface area (Å²) in [5.74, 6) is -1.70. The Morgan fingerprint density at radius 1 is 0.574 bits per heavy atom. The van der Waals surface area contributed by atoms with Gasteiger partial charge in [0.25, 0.3) is 7.82 Å². The molecule has 0 saturated heterocycles. The van der Waals surface area contributed by atoms with Crippen LogP contribution in [0.4, 0.5) is 0 Å². The molecule has 0 aromatic rings. The van der Waals surface area contributed by atoms with E-state index in [-0.39, 0.29) is 38.0 Å². The molecule has 0 amide bonds. The van der Waals surface area contributed by atoms with Gasteiger partial charge >= 0.3 is 23.9 Å². The molecule has 0 fully saturated rings. The van der Waals surface area contributed by atoms with E-state index < -0.39 is 32.5 Å². The lowest BCUT2D eigenvalue weighted by Gasteiger charge is -2.28. The molecule has 54 heavy (non-hydrogen) atoms. The van der Waals surface area contributed by atoms with Crippen LogP contribution in [0.3, 0.4) is 0 Å². The monoisotopic (exact) mass is 785 g/mol. The van der Waals surface area contributed by atoms with E-state index in [0.29, 0.717) is 37.1 Å². The summed E-state index contributed by atoms with van der Waals surface area (Å²) < 4.78 is 43.9. The van der Waals surface area contributed by atoms with Crippen molar-refractivity contribution in [1.82, 2.24) is 0 Å². The van der Waals surface area contributed by atoms with Gasteiger partial charge < -0.3 is 37.4 Å². The number of rotatable bonds is 34. The summed E-state index contributed by atoms with van der Waals surface area (Å²) in [7, 11) is 1.02. The Hall–Kier alpha value is -3.09. The lowest BCUT2D eigenvalue weighted by Crippen LogP contribution is -2.37. The number of phosphoric ester groups is 1. The minimum atomic E-state index is -4.67. The van der Waals surface area contributed by atoms with E-state index in [0.717, 1.165) is 77.0 Å². The van der Waals surface area contributed by atoms with Crippen LogP contribution in [0.2, 0.25) is 0 Å². The fourth-order valence-corrected chi connectivity index (χ4v) is 5.43. The fourth-order valence-electron chi connectivity index (χ4n) is 4.70. The molecule has 0 aromatic heterocycles. The molecule has 2 atom stereocenters. The van der Waals surface area contributed by atoms with Crippen LogP contribution in [0.15, 0.2) is 48.6 Å². The highest BCUT2D eigenvalue weighted by Crippen LogP contribution is 2.38. The largest absolute Gasteiger partial charge is 0.756 e. The van der Waals surface area contributed by atoms with Crippen LogP contribution in [-0.2, 0) is 51.7 Å². The molecule has 0 rings (SSSR count). The smallest absolute Gasteiger partial charge is 0.330 e. The van der Waals surface area contributed by atoms with Crippen LogP contribution in [-0.4, -0.2) is 95.2 Å². The molecule has 14 heteroatoms. The zero-order valence-corrected chi connectivity index (χ0v) is 34.4. The number of unbranched alkanes of at least 4 members (excludes halogenated alkanes) is 12. The Morgan fingerprint density at radius 2 is 1.02 bits per heavy atom. The summed E-state index contributed by atoms with van der Waals surface area (Å²) in [5, 5.41) is 0. The van der Waals surface area contributed by atoms with Gasteiger partial charge in [-0.25, -0.2) is 9.59 Å². The standard InChI is InChI=1S/C40H68NO12P/c1-6-8-20-26-37(42)48-31-24-18-14-10-12-16-22-28-39(44)50-34-36(35-52-54(46,47)51-33-30-41(3,4)5)53-40(45)29-23-17-13-11-15-19-25-32-49-38(43)27-21-9-7-2/h6-9,20-21,26-27,36H,10-19,22-25,28-35H2,1-5H3/b8-6+,9-7+,26-20+,27-21+/t36-/m1/s1. The summed E-state index contributed by atoms with van der Waals surface area (Å²) in [6, 6.07) is 0. The minimum absolute atomic E-state index is 0.0729. The number of nitrogens with zero attached hydrogens (tertiary/aromatic N) is 1. The van der Waals surface area contributed by atoms with E-state index >= 15 is 0 Å². The van der Waals surface area contributed by atoms with E-state index in [1.54, 1.807) is 24.3 Å². The van der Waals surface area contributed by atoms with Crippen molar-refractivity contribution in [1.29, 1.82) is 0 Å². The molecule has 0 heterocycles. The van der Waals surface area contributed by atoms with Crippen LogP contribution in [0.5, 0.6) is 0 Å². The second kappa shape index (κ2) is 33.3. The Labute approximate surface area is 324 Å². The molecule has 0 radical (unpaired) electrons. The third kappa shape index (κ3) is 35.9. The van der Waals surface area contributed by atoms with Crippen molar-refractivity contribution in [2.45, 2.75) is 123 Å². The van der Waals surface area contributed by atoms with Crippen LogP contribution in [0.1, 0.15) is 117 Å². The zero-order chi connectivity index (χ0) is 40.3. The molecule has 0 bridgehead atoms. The van der Waals surface area contributed by atoms with E-state index in [2.05, 4.69) is 0 Å². The molecule has 0 N–H and O–H groups in total. The van der Waals surface area contributed by atoms with Gasteiger partial charge in [0.05, 0.1) is 41.0 Å². The highest BCUT2D eigenvalue weighted by Gasteiger charge is 2.21. The van der Waals surface area contributed by atoms with E-state index in [1.165, 1.54) is 12.2 Å². The number of likely N-dealkylation sites (N-methyl/N-ethyl adjacent to an activating group) is 1. The number of quaternary nitrogens is 1. The third-order valence-electron chi connectivity index (χ3n) is 7.77. The van der Waals surface area contributed by atoms with Gasteiger partial charge in [-0.05, 0) is 39.5 Å². The van der Waals surface area contributed by atoms with E-state index in [1.807, 2.05) is 47.1 Å². The van der Waals surface area contributed by atoms with Gasteiger partial charge in [0.2, 0.25) is 0 Å². The highest BCUT2D eigenvalue weighted by atomic mass is 31.2. The molecule has 0 spiro atoms. The average molecular weight is 786 g/mol. The number of allylic oxidation sites excluding steroid dienone is 6. The topological polar surface area (TPSA) is 164 Å². The molecule has 0 aliphatic heterocycles. The highest BCUT2D eigenvalue weighted by molar-refractivity contribution is 7.45. The first-order chi connectivity index (χ1) is 25.8. The van der Waals surface area contributed by atoms with Crippen molar-refractivity contribution in [2.75, 3.05) is 60.7 Å². The maximum Gasteiger partial charge on any atom is 0.330 e. The first kappa shape index (κ1) is 50.9. The van der Waals surface area contributed by atoms with Gasteiger partial charge in [0.1, 0.15) is 19.8 Å². The van der Waals surface area contributed by atoms with Gasteiger partial charge in [0.15, 0.2) is 6.10 Å². The lowest BCUT2D eigenvalue weighted by atomic mass is 10.1. The molecule has 0 aliphatic carbocycles. The maximum atomic E-state index is 12.6. The third-order valence-corrected chi connectivity index (χ3v) is 8.73. The summed E-state index contributed by atoms with van der Waals surface area (Å²) in [6.07, 6.45) is 24.7. The van der Waals surface area contributed by atoms with Gasteiger partial charge in [-0.1, -0.05) is 101 Å². The Morgan fingerprint density at radius 3 is 1.48 bits per heavy atom. The van der Waals surface area contributed by atoms with Crippen LogP contribution >= 0.6 is 7.82 Å². The minimum Gasteiger partial charge on any atom is -0.756 e. The van der Waals surface area contributed by atoms with E-state index in [4.69, 9.17) is 28.0 Å². The lowest BCUT2D eigenvalue weighted by molar-refractivity contribution is -0.870. The number of phosphoric acid groups is 1. The summed E-state index contributed by atoms with van der Waals surface area (Å²) in [6.45, 7) is 4.01. The molecule has 1 unspecified atom stereocenters. The van der Waals surface area contributed by atoms with Gasteiger partial charge in [-0.15, -0.1) is 0 Å². The molecular formula is C40H68NO12P. The molecule has 310 valence electrons. The fraction of sp³-hybridized carbons (Fsp3) is 0.700. The van der Waals surface area contributed by atoms with Crippen molar-refractivity contribution in [3.05, 3.63) is 48.6 Å². The first-order valence-corrected chi connectivity index (χ1v) is 20.9. The van der Waals surface area contributed by atoms with E-state index in [9.17, 15) is 28.6 Å². The van der Waals surface area contributed by atoms with Crippen molar-refractivity contribution >= 4 is 31.7 Å². The van der Waals surface area contributed by atoms with Crippen molar-refractivity contribution in [2.24, 2.45) is 0 Å². The van der Waals surface area contributed by atoms with Crippen LogP contribution < -0.4 is 4.89 Å². The number of carbonyl (C=O) groups excluding carboxylic acids is 4. The van der Waals surface area contributed by atoms with Crippen molar-refractivity contribution in [3.63, 3.8) is 0 Å². The average Bonchev–Trinajstić information content (AvgIpc) is 3.10. The van der Waals surface area contributed by atoms with Gasteiger partial charge in [-0.2, -0.15) is 0 Å². The van der Waals surface area contributed by atoms with Crippen LogP contribution in [0, 0.1) is 0 Å². The van der Waals surface area contributed by atoms with Crippen molar-refractivity contribution in [3.8, 4) is 0 Å². The van der Waals surface area contributed by atoms with Crippen LogP contribution in [0.25, 0.3) is 0 Å². The molecule has 13 nitrogen and oxygen atoms in total. The maximum absolute atomic E-state index is 12.6. The number of hydrogen-bond acceptors (Lipinski definition) is 12. The number of hydrogen-bond donors (Lipinski definition) is 0. The summed E-state index contributed by atoms with van der Waals surface area (Å²) in [5.41, 5.74) is 0. The number of esters is 4. The quantitative estimate of drug-likeness (QED) is 0.0122. The Balaban J connectivity index is 4.46. The predicted octanol–water partition coefficient (Wildman–Crippen LogP) is 7.24. The second-order valence-corrected chi connectivity index (χ2v) is 15.4. The molecule has 0 saturated carbocycles. The first-order valence-electron chi connectivity index (χ1n) is 19.5. The SMILES string of the molecule is C/C=C/C=C/C(=O)OCCCCCCCCCC(=O)OC[C@H](COP(=O)([O-])OCC[N+](C)(C)C)OC(=O)CCCCCCCCCOC(=O)/C=C/C=C/C. The summed E-state index contributed by atoms with van der Waals surface area (Å²) in [4.78, 5) is 60.4. The predicted molar refractivity (Wildman–Crippen MR) is 207 cm³/mol. The summed E-state index contributed by atoms with van der Waals surface area (Å²) >= 11 is 0. The van der Waals surface area contributed by atoms with Crippen molar-refractivity contribution < 1.29 is 61.1 Å². The molecular weight excluding hydrogens is 717 g/mol. The zero-order valence-electron chi connectivity index (χ0n) is 33.5. The number of ether oxygens (including phenoxy) is 4. The molecule has 0 aliphatic rings. The molecule has 0 aromatic carbocycles. The Kier molecular flexibility index (Phi) is 31.4. The number of carbonyl (C=O) groups is 4. The van der Waals surface area contributed by atoms with Gasteiger partial charge in [-0.3, -0.25) is 14.2 Å². The Bertz CT molecular complexity index is 1190. The second-order valence-electron chi connectivity index (χ2n) is 13.9. The normalized spacial score (nSPS) is 13.8. The van der Waals surface area contributed by atoms with Gasteiger partial charge in [0, 0.05) is 25.0 Å².